The van der Waals surface area contributed by atoms with Gasteiger partial charge in [0, 0.05) is 13.1 Å². The van der Waals surface area contributed by atoms with Gasteiger partial charge in [0.2, 0.25) is 0 Å². The van der Waals surface area contributed by atoms with Crippen LogP contribution in [0.5, 0.6) is 0 Å². The standard InChI is InChI=1S/C10H17NO2/c1-2-3-5-9-6-4-7-11(8-9)10(12)13/h3,5,9H,2,4,6-8H2,1H3,(H,12,13). The van der Waals surface area contributed by atoms with Gasteiger partial charge in [-0.15, -0.1) is 0 Å². The van der Waals surface area contributed by atoms with Gasteiger partial charge in [0.25, 0.3) is 0 Å². The first-order valence-electron chi connectivity index (χ1n) is 4.88. The molecule has 3 heteroatoms. The van der Waals surface area contributed by atoms with Gasteiger partial charge in [0.1, 0.15) is 0 Å². The summed E-state index contributed by atoms with van der Waals surface area (Å²) in [5.74, 6) is 0.435. The molecule has 0 bridgehead atoms. The van der Waals surface area contributed by atoms with Crippen LogP contribution in [0, 0.1) is 5.92 Å². The quantitative estimate of drug-likeness (QED) is 0.667. The second kappa shape index (κ2) is 4.90. The Morgan fingerprint density at radius 2 is 2.46 bits per heavy atom. The number of hydrogen-bond donors (Lipinski definition) is 1. The van der Waals surface area contributed by atoms with Crippen LogP contribution in [0.25, 0.3) is 0 Å². The molecule has 1 atom stereocenters. The molecule has 1 unspecified atom stereocenters. The minimum Gasteiger partial charge on any atom is -0.465 e. The summed E-state index contributed by atoms with van der Waals surface area (Å²) in [5.41, 5.74) is 0. The monoisotopic (exact) mass is 183 g/mol. The lowest BCUT2D eigenvalue weighted by Gasteiger charge is -2.28. The number of carboxylic acid groups (broad SMARTS) is 1. The molecule has 1 aliphatic rings. The zero-order valence-electron chi connectivity index (χ0n) is 8.07. The minimum absolute atomic E-state index is 0.435. The summed E-state index contributed by atoms with van der Waals surface area (Å²) >= 11 is 0. The Kier molecular flexibility index (Phi) is 3.80. The van der Waals surface area contributed by atoms with Crippen molar-refractivity contribution < 1.29 is 9.90 Å². The second-order valence-electron chi connectivity index (χ2n) is 3.47. The molecule has 13 heavy (non-hydrogen) atoms. The SMILES string of the molecule is CCC=CC1CCCN(C(=O)O)C1. The van der Waals surface area contributed by atoms with Crippen molar-refractivity contribution in [3.05, 3.63) is 12.2 Å². The molecule has 74 valence electrons. The van der Waals surface area contributed by atoms with Crippen LogP contribution >= 0.6 is 0 Å². The summed E-state index contributed by atoms with van der Waals surface area (Å²) < 4.78 is 0. The van der Waals surface area contributed by atoms with E-state index in [1.54, 1.807) is 0 Å². The fourth-order valence-electron chi connectivity index (χ4n) is 1.67. The van der Waals surface area contributed by atoms with Gasteiger partial charge in [-0.2, -0.15) is 0 Å². The van der Waals surface area contributed by atoms with Crippen molar-refractivity contribution >= 4 is 6.09 Å². The maximum Gasteiger partial charge on any atom is 0.407 e. The van der Waals surface area contributed by atoms with E-state index in [1.807, 2.05) is 0 Å². The first-order chi connectivity index (χ1) is 6.24. The van der Waals surface area contributed by atoms with Gasteiger partial charge in [-0.05, 0) is 25.2 Å². The molecule has 3 nitrogen and oxygen atoms in total. The van der Waals surface area contributed by atoms with Crippen molar-refractivity contribution in [1.82, 2.24) is 4.90 Å². The van der Waals surface area contributed by atoms with E-state index in [4.69, 9.17) is 5.11 Å². The Balaban J connectivity index is 2.41. The van der Waals surface area contributed by atoms with E-state index in [9.17, 15) is 4.79 Å². The Labute approximate surface area is 79.0 Å². The Morgan fingerprint density at radius 1 is 1.69 bits per heavy atom. The lowest BCUT2D eigenvalue weighted by atomic mass is 9.98. The van der Waals surface area contributed by atoms with E-state index in [0.717, 1.165) is 19.3 Å². The molecule has 0 aromatic rings. The molecule has 0 saturated carbocycles. The number of piperidine rings is 1. The highest BCUT2D eigenvalue weighted by Gasteiger charge is 2.20. The number of likely N-dealkylation sites (tertiary alicyclic amines) is 1. The van der Waals surface area contributed by atoms with Crippen molar-refractivity contribution in [2.75, 3.05) is 13.1 Å². The summed E-state index contributed by atoms with van der Waals surface area (Å²) in [6.07, 6.45) is 6.63. The van der Waals surface area contributed by atoms with Gasteiger partial charge in [-0.1, -0.05) is 19.1 Å². The summed E-state index contributed by atoms with van der Waals surface area (Å²) in [7, 11) is 0. The number of hydrogen-bond acceptors (Lipinski definition) is 1. The molecule has 1 heterocycles. The number of allylic oxidation sites excluding steroid dienone is 1. The third-order valence-electron chi connectivity index (χ3n) is 2.37. The van der Waals surface area contributed by atoms with Crippen LogP contribution < -0.4 is 0 Å². The van der Waals surface area contributed by atoms with Crippen LogP contribution in [0.4, 0.5) is 4.79 Å². The van der Waals surface area contributed by atoms with Gasteiger partial charge < -0.3 is 10.0 Å². The highest BCUT2D eigenvalue weighted by Crippen LogP contribution is 2.17. The van der Waals surface area contributed by atoms with Crippen LogP contribution in [-0.4, -0.2) is 29.2 Å². The van der Waals surface area contributed by atoms with Crippen molar-refractivity contribution in [3.8, 4) is 0 Å². The van der Waals surface area contributed by atoms with Crippen molar-refractivity contribution in [2.24, 2.45) is 5.92 Å². The molecule has 1 rings (SSSR count). The summed E-state index contributed by atoms with van der Waals surface area (Å²) in [6.45, 7) is 3.46. The minimum atomic E-state index is -0.783. The van der Waals surface area contributed by atoms with Gasteiger partial charge in [0.15, 0.2) is 0 Å². The lowest BCUT2D eigenvalue weighted by Crippen LogP contribution is -2.38. The highest BCUT2D eigenvalue weighted by molar-refractivity contribution is 5.65. The fourth-order valence-corrected chi connectivity index (χ4v) is 1.67. The van der Waals surface area contributed by atoms with Gasteiger partial charge in [0.05, 0.1) is 0 Å². The van der Waals surface area contributed by atoms with Crippen molar-refractivity contribution in [2.45, 2.75) is 26.2 Å². The van der Waals surface area contributed by atoms with E-state index >= 15 is 0 Å². The Morgan fingerprint density at radius 3 is 3.08 bits per heavy atom. The first kappa shape index (κ1) is 10.1. The molecule has 1 saturated heterocycles. The van der Waals surface area contributed by atoms with Crippen LogP contribution in [0.15, 0.2) is 12.2 Å². The van der Waals surface area contributed by atoms with Gasteiger partial charge in [-0.3, -0.25) is 0 Å². The highest BCUT2D eigenvalue weighted by atomic mass is 16.4. The fraction of sp³-hybridized carbons (Fsp3) is 0.700. The summed E-state index contributed by atoms with van der Waals surface area (Å²) in [5, 5.41) is 8.78. The zero-order chi connectivity index (χ0) is 9.68. The average Bonchev–Trinajstić information content (AvgIpc) is 2.15. The van der Waals surface area contributed by atoms with Crippen molar-refractivity contribution in [1.29, 1.82) is 0 Å². The van der Waals surface area contributed by atoms with Gasteiger partial charge in [-0.25, -0.2) is 4.79 Å². The molecular weight excluding hydrogens is 166 g/mol. The maximum atomic E-state index is 10.7. The zero-order valence-corrected chi connectivity index (χ0v) is 8.07. The molecule has 0 spiro atoms. The van der Waals surface area contributed by atoms with E-state index < -0.39 is 6.09 Å². The van der Waals surface area contributed by atoms with Gasteiger partial charge >= 0.3 is 6.09 Å². The number of amides is 1. The third kappa shape index (κ3) is 3.09. The first-order valence-corrected chi connectivity index (χ1v) is 4.88. The summed E-state index contributed by atoms with van der Waals surface area (Å²) in [6, 6.07) is 0. The predicted molar refractivity (Wildman–Crippen MR) is 51.8 cm³/mol. The molecule has 1 N–H and O–H groups in total. The smallest absolute Gasteiger partial charge is 0.407 e. The normalized spacial score (nSPS) is 23.8. The number of carbonyl (C=O) groups is 1. The molecular formula is C10H17NO2. The van der Waals surface area contributed by atoms with Crippen LogP contribution in [0.1, 0.15) is 26.2 Å². The maximum absolute atomic E-state index is 10.7. The second-order valence-corrected chi connectivity index (χ2v) is 3.47. The largest absolute Gasteiger partial charge is 0.465 e. The van der Waals surface area contributed by atoms with Crippen molar-refractivity contribution in [3.63, 3.8) is 0 Å². The van der Waals surface area contributed by atoms with E-state index in [2.05, 4.69) is 19.1 Å². The summed E-state index contributed by atoms with van der Waals surface area (Å²) in [4.78, 5) is 12.2. The Bertz CT molecular complexity index is 201. The van der Waals surface area contributed by atoms with Crippen LogP contribution in [0.3, 0.4) is 0 Å². The topological polar surface area (TPSA) is 40.5 Å². The molecule has 0 aliphatic carbocycles. The van der Waals surface area contributed by atoms with Crippen LogP contribution in [-0.2, 0) is 0 Å². The molecule has 0 radical (unpaired) electrons. The lowest BCUT2D eigenvalue weighted by molar-refractivity contribution is 0.127. The predicted octanol–water partition coefficient (Wildman–Crippen LogP) is 2.34. The molecule has 1 aliphatic heterocycles. The van der Waals surface area contributed by atoms with Crippen LogP contribution in [0.2, 0.25) is 0 Å². The van der Waals surface area contributed by atoms with E-state index in [-0.39, 0.29) is 0 Å². The Hall–Kier alpha value is -0.990. The molecule has 0 aromatic heterocycles. The number of rotatable bonds is 2. The van der Waals surface area contributed by atoms with E-state index in [0.29, 0.717) is 19.0 Å². The molecule has 1 amide bonds. The van der Waals surface area contributed by atoms with E-state index in [1.165, 1.54) is 4.90 Å². The molecule has 0 aromatic carbocycles. The molecule has 1 fully saturated rings. The average molecular weight is 183 g/mol. The number of nitrogens with zero attached hydrogens (tertiary/aromatic N) is 1. The third-order valence-corrected chi connectivity index (χ3v) is 2.37.